The van der Waals surface area contributed by atoms with Crippen LogP contribution in [0.5, 0.6) is 0 Å². The van der Waals surface area contributed by atoms with E-state index in [2.05, 4.69) is 4.98 Å². The SMILES string of the molecule is O=C(SCc1ccc(F)cc1)c1ccc2ccccc2n1. The zero-order valence-electron chi connectivity index (χ0n) is 11.1. The lowest BCUT2D eigenvalue weighted by Crippen LogP contribution is -1.98. The van der Waals surface area contributed by atoms with E-state index in [1.54, 1.807) is 18.2 Å². The standard InChI is InChI=1S/C17H12FNOS/c18-14-8-5-12(6-9-14)11-21-17(20)16-10-7-13-3-1-2-4-15(13)19-16/h1-10H,11H2. The second-order valence-corrected chi connectivity index (χ2v) is 5.54. The molecule has 4 heteroatoms. The maximum atomic E-state index is 12.8. The van der Waals surface area contributed by atoms with Gasteiger partial charge in [0.2, 0.25) is 5.12 Å². The predicted molar refractivity (Wildman–Crippen MR) is 83.8 cm³/mol. The summed E-state index contributed by atoms with van der Waals surface area (Å²) >= 11 is 1.17. The van der Waals surface area contributed by atoms with Crippen molar-refractivity contribution < 1.29 is 9.18 Å². The first-order chi connectivity index (χ1) is 10.2. The summed E-state index contributed by atoms with van der Waals surface area (Å²) in [6, 6.07) is 17.5. The molecule has 0 amide bonds. The molecule has 0 N–H and O–H groups in total. The van der Waals surface area contributed by atoms with Gasteiger partial charge in [-0.15, -0.1) is 0 Å². The lowest BCUT2D eigenvalue weighted by Gasteiger charge is -2.03. The number of carbonyl (C=O) groups is 1. The van der Waals surface area contributed by atoms with Crippen molar-refractivity contribution >= 4 is 27.8 Å². The molecule has 0 saturated carbocycles. The molecular formula is C17H12FNOS. The van der Waals surface area contributed by atoms with Crippen LogP contribution in [0.3, 0.4) is 0 Å². The molecule has 0 unspecified atom stereocenters. The quantitative estimate of drug-likeness (QED) is 0.715. The molecule has 0 aliphatic carbocycles. The summed E-state index contributed by atoms with van der Waals surface area (Å²) in [6.45, 7) is 0. The fourth-order valence-corrected chi connectivity index (χ4v) is 2.73. The molecule has 3 rings (SSSR count). The van der Waals surface area contributed by atoms with Gasteiger partial charge in [0, 0.05) is 11.1 Å². The molecule has 3 aromatic rings. The van der Waals surface area contributed by atoms with Crippen LogP contribution in [0.25, 0.3) is 10.9 Å². The second kappa shape index (κ2) is 6.06. The summed E-state index contributed by atoms with van der Waals surface area (Å²) in [5.41, 5.74) is 2.17. The predicted octanol–water partition coefficient (Wildman–Crippen LogP) is 4.45. The molecule has 21 heavy (non-hydrogen) atoms. The molecule has 0 fully saturated rings. The van der Waals surface area contributed by atoms with Gasteiger partial charge in [0.15, 0.2) is 0 Å². The molecule has 0 aliphatic rings. The molecule has 2 aromatic carbocycles. The van der Waals surface area contributed by atoms with E-state index in [4.69, 9.17) is 0 Å². The number of thioether (sulfide) groups is 1. The number of fused-ring (bicyclic) bond motifs is 1. The number of para-hydroxylation sites is 1. The average Bonchev–Trinajstić information content (AvgIpc) is 2.53. The first kappa shape index (κ1) is 13.8. The van der Waals surface area contributed by atoms with Gasteiger partial charge in [-0.2, -0.15) is 0 Å². The third-order valence-corrected chi connectivity index (χ3v) is 4.04. The van der Waals surface area contributed by atoms with Crippen LogP contribution in [0.15, 0.2) is 60.7 Å². The van der Waals surface area contributed by atoms with Gasteiger partial charge in [0.25, 0.3) is 0 Å². The first-order valence-corrected chi connectivity index (χ1v) is 7.48. The Labute approximate surface area is 126 Å². The molecule has 0 radical (unpaired) electrons. The Morgan fingerprint density at radius 3 is 2.57 bits per heavy atom. The smallest absolute Gasteiger partial charge is 0.238 e. The Morgan fingerprint density at radius 1 is 1.00 bits per heavy atom. The molecule has 104 valence electrons. The number of pyridine rings is 1. The topological polar surface area (TPSA) is 30.0 Å². The fourth-order valence-electron chi connectivity index (χ4n) is 1.98. The zero-order chi connectivity index (χ0) is 14.7. The van der Waals surface area contributed by atoms with E-state index < -0.39 is 0 Å². The van der Waals surface area contributed by atoms with E-state index in [1.165, 1.54) is 23.9 Å². The minimum atomic E-state index is -0.272. The van der Waals surface area contributed by atoms with Crippen LogP contribution in [0.1, 0.15) is 16.1 Å². The van der Waals surface area contributed by atoms with Crippen molar-refractivity contribution in [3.05, 3.63) is 77.7 Å². The number of rotatable bonds is 3. The first-order valence-electron chi connectivity index (χ1n) is 6.50. The second-order valence-electron chi connectivity index (χ2n) is 4.59. The summed E-state index contributed by atoms with van der Waals surface area (Å²) in [6.07, 6.45) is 0. The van der Waals surface area contributed by atoms with Crippen LogP contribution < -0.4 is 0 Å². The van der Waals surface area contributed by atoms with Crippen molar-refractivity contribution in [1.82, 2.24) is 4.98 Å². The fraction of sp³-hybridized carbons (Fsp3) is 0.0588. The number of carbonyl (C=O) groups excluding carboxylic acids is 1. The molecule has 0 bridgehead atoms. The van der Waals surface area contributed by atoms with Crippen molar-refractivity contribution in [2.45, 2.75) is 5.75 Å². The minimum absolute atomic E-state index is 0.0786. The van der Waals surface area contributed by atoms with E-state index in [0.29, 0.717) is 11.4 Å². The van der Waals surface area contributed by atoms with Crippen molar-refractivity contribution in [1.29, 1.82) is 0 Å². The van der Waals surface area contributed by atoms with E-state index in [9.17, 15) is 9.18 Å². The van der Waals surface area contributed by atoms with Gasteiger partial charge >= 0.3 is 0 Å². The molecule has 0 aliphatic heterocycles. The van der Waals surface area contributed by atoms with Crippen LogP contribution in [0.4, 0.5) is 4.39 Å². The van der Waals surface area contributed by atoms with Gasteiger partial charge in [-0.1, -0.05) is 48.2 Å². The number of halogens is 1. The van der Waals surface area contributed by atoms with Crippen LogP contribution >= 0.6 is 11.8 Å². The number of hydrogen-bond acceptors (Lipinski definition) is 3. The highest BCUT2D eigenvalue weighted by Gasteiger charge is 2.09. The number of hydrogen-bond donors (Lipinski definition) is 0. The van der Waals surface area contributed by atoms with Gasteiger partial charge in [0.05, 0.1) is 5.52 Å². The summed E-state index contributed by atoms with van der Waals surface area (Å²) in [4.78, 5) is 16.5. The molecule has 2 nitrogen and oxygen atoms in total. The molecule has 1 aromatic heterocycles. The van der Waals surface area contributed by atoms with Gasteiger partial charge in [0.1, 0.15) is 11.5 Å². The van der Waals surface area contributed by atoms with Gasteiger partial charge < -0.3 is 0 Å². The third kappa shape index (κ3) is 3.28. The molecule has 0 saturated heterocycles. The minimum Gasteiger partial charge on any atom is -0.280 e. The Bertz CT molecular complexity index is 786. The summed E-state index contributed by atoms with van der Waals surface area (Å²) in [5.74, 6) is 0.236. The number of benzene rings is 2. The molecule has 0 spiro atoms. The number of nitrogens with zero attached hydrogens (tertiary/aromatic N) is 1. The van der Waals surface area contributed by atoms with Crippen molar-refractivity contribution in [2.24, 2.45) is 0 Å². The average molecular weight is 297 g/mol. The Morgan fingerprint density at radius 2 is 1.76 bits per heavy atom. The molecular weight excluding hydrogens is 285 g/mol. The van der Waals surface area contributed by atoms with Gasteiger partial charge in [-0.3, -0.25) is 4.79 Å². The van der Waals surface area contributed by atoms with Crippen molar-refractivity contribution in [3.8, 4) is 0 Å². The maximum Gasteiger partial charge on any atom is 0.238 e. The van der Waals surface area contributed by atoms with Crippen LogP contribution in [0.2, 0.25) is 0 Å². The van der Waals surface area contributed by atoms with E-state index >= 15 is 0 Å². The van der Waals surface area contributed by atoms with Crippen molar-refractivity contribution in [3.63, 3.8) is 0 Å². The largest absolute Gasteiger partial charge is 0.280 e. The maximum absolute atomic E-state index is 12.8. The van der Waals surface area contributed by atoms with Gasteiger partial charge in [-0.25, -0.2) is 9.37 Å². The Balaban J connectivity index is 1.73. The lowest BCUT2D eigenvalue weighted by molar-refractivity contribution is 0.108. The van der Waals surface area contributed by atoms with Crippen LogP contribution in [-0.2, 0) is 5.75 Å². The Kier molecular flexibility index (Phi) is 3.97. The van der Waals surface area contributed by atoms with Crippen molar-refractivity contribution in [2.75, 3.05) is 0 Å². The molecule has 1 heterocycles. The monoisotopic (exact) mass is 297 g/mol. The zero-order valence-corrected chi connectivity index (χ0v) is 11.9. The van der Waals surface area contributed by atoms with Gasteiger partial charge in [-0.05, 0) is 29.8 Å². The normalized spacial score (nSPS) is 10.7. The highest BCUT2D eigenvalue weighted by molar-refractivity contribution is 8.13. The van der Waals surface area contributed by atoms with Crippen LogP contribution in [-0.4, -0.2) is 10.1 Å². The molecule has 0 atom stereocenters. The van der Waals surface area contributed by atoms with Crippen LogP contribution in [0, 0.1) is 5.82 Å². The summed E-state index contributed by atoms with van der Waals surface area (Å²) in [7, 11) is 0. The summed E-state index contributed by atoms with van der Waals surface area (Å²) in [5, 5.41) is 0.933. The Hall–Kier alpha value is -2.20. The number of aromatic nitrogens is 1. The third-order valence-electron chi connectivity index (χ3n) is 3.09. The van der Waals surface area contributed by atoms with E-state index in [1.807, 2.05) is 30.3 Å². The summed E-state index contributed by atoms with van der Waals surface area (Å²) < 4.78 is 12.8. The highest BCUT2D eigenvalue weighted by Crippen LogP contribution is 2.19. The lowest BCUT2D eigenvalue weighted by atomic mass is 10.2. The van der Waals surface area contributed by atoms with E-state index in [-0.39, 0.29) is 10.9 Å². The van der Waals surface area contributed by atoms with E-state index in [0.717, 1.165) is 16.5 Å². The highest BCUT2D eigenvalue weighted by atomic mass is 32.2.